The summed E-state index contributed by atoms with van der Waals surface area (Å²) in [6.07, 6.45) is -0.351. The molecule has 0 bridgehead atoms. The number of hydrogen-bond acceptors (Lipinski definition) is 4. The third kappa shape index (κ3) is 7.31. The Morgan fingerprint density at radius 2 is 1.90 bits per heavy atom. The SMILES string of the molecule is FC(F)(F)c1ccc(Cl)cc1NC(=S)N(CCCN1CCOCC1)Cc1ccncc1. The summed E-state index contributed by atoms with van der Waals surface area (Å²) in [5.74, 6) is 0. The van der Waals surface area contributed by atoms with Crippen LogP contribution in [0.5, 0.6) is 0 Å². The van der Waals surface area contributed by atoms with E-state index in [1.54, 1.807) is 12.4 Å². The summed E-state index contributed by atoms with van der Waals surface area (Å²) < 4.78 is 45.6. The Balaban J connectivity index is 1.71. The van der Waals surface area contributed by atoms with Gasteiger partial charge in [0, 0.05) is 50.1 Å². The van der Waals surface area contributed by atoms with Gasteiger partial charge in [0.25, 0.3) is 0 Å². The molecule has 0 aliphatic carbocycles. The van der Waals surface area contributed by atoms with Crippen LogP contribution in [0.25, 0.3) is 0 Å². The quantitative estimate of drug-likeness (QED) is 0.590. The van der Waals surface area contributed by atoms with E-state index in [2.05, 4.69) is 15.2 Å². The topological polar surface area (TPSA) is 40.6 Å². The van der Waals surface area contributed by atoms with Gasteiger partial charge < -0.3 is 15.0 Å². The van der Waals surface area contributed by atoms with E-state index in [0.29, 0.717) is 13.1 Å². The summed E-state index contributed by atoms with van der Waals surface area (Å²) in [6.45, 7) is 5.11. The standard InChI is InChI=1S/C21H24ClF3N4OS/c22-17-2-3-18(21(23,24)25)19(14-17)27-20(31)29(15-16-4-6-26-7-5-16)9-1-8-28-10-12-30-13-11-28/h2-7,14H,1,8-13,15H2,(H,27,31). The van der Waals surface area contributed by atoms with Crippen molar-refractivity contribution in [3.05, 3.63) is 58.9 Å². The zero-order chi connectivity index (χ0) is 22.3. The van der Waals surface area contributed by atoms with Gasteiger partial charge in [-0.15, -0.1) is 0 Å². The molecule has 1 aliphatic heterocycles. The first-order valence-corrected chi connectivity index (χ1v) is 10.7. The highest BCUT2D eigenvalue weighted by Crippen LogP contribution is 2.36. The van der Waals surface area contributed by atoms with E-state index in [0.717, 1.165) is 50.9 Å². The van der Waals surface area contributed by atoms with Crippen LogP contribution in [0.2, 0.25) is 5.02 Å². The van der Waals surface area contributed by atoms with Gasteiger partial charge in [0.1, 0.15) is 0 Å². The largest absolute Gasteiger partial charge is 0.418 e. The van der Waals surface area contributed by atoms with E-state index < -0.39 is 11.7 Å². The van der Waals surface area contributed by atoms with Crippen LogP contribution in [-0.4, -0.2) is 59.3 Å². The van der Waals surface area contributed by atoms with Gasteiger partial charge in [-0.25, -0.2) is 0 Å². The van der Waals surface area contributed by atoms with Gasteiger partial charge in [-0.1, -0.05) is 11.6 Å². The number of halogens is 4. The van der Waals surface area contributed by atoms with Crippen molar-refractivity contribution in [2.45, 2.75) is 19.1 Å². The van der Waals surface area contributed by atoms with Gasteiger partial charge >= 0.3 is 6.18 Å². The first kappa shape index (κ1) is 23.7. The lowest BCUT2D eigenvalue weighted by atomic mass is 10.1. The lowest BCUT2D eigenvalue weighted by Gasteiger charge is -2.30. The Labute approximate surface area is 190 Å². The number of alkyl halides is 3. The van der Waals surface area contributed by atoms with E-state index in [9.17, 15) is 13.2 Å². The molecule has 168 valence electrons. The number of nitrogens with one attached hydrogen (secondary N) is 1. The predicted octanol–water partition coefficient (Wildman–Crippen LogP) is 4.68. The van der Waals surface area contributed by atoms with Crippen LogP contribution >= 0.6 is 23.8 Å². The summed E-state index contributed by atoms with van der Waals surface area (Å²) >= 11 is 11.4. The van der Waals surface area contributed by atoms with E-state index in [4.69, 9.17) is 28.6 Å². The molecule has 0 amide bonds. The van der Waals surface area contributed by atoms with Crippen molar-refractivity contribution in [2.75, 3.05) is 44.7 Å². The van der Waals surface area contributed by atoms with Gasteiger partial charge in [-0.3, -0.25) is 9.88 Å². The second kappa shape index (κ2) is 11.1. The van der Waals surface area contributed by atoms with Gasteiger partial charge in [0.15, 0.2) is 5.11 Å². The average molecular weight is 473 g/mol. The third-order valence-corrected chi connectivity index (χ3v) is 5.54. The summed E-state index contributed by atoms with van der Waals surface area (Å²) in [5.41, 5.74) is 0.00185. The van der Waals surface area contributed by atoms with E-state index in [1.165, 1.54) is 12.1 Å². The molecule has 2 heterocycles. The maximum Gasteiger partial charge on any atom is 0.418 e. The van der Waals surface area contributed by atoms with Crippen LogP contribution in [0.4, 0.5) is 18.9 Å². The molecule has 31 heavy (non-hydrogen) atoms. The number of nitrogens with zero attached hydrogens (tertiary/aromatic N) is 3. The normalized spacial score (nSPS) is 15.0. The van der Waals surface area contributed by atoms with Crippen molar-refractivity contribution in [2.24, 2.45) is 0 Å². The number of aromatic nitrogens is 1. The monoisotopic (exact) mass is 472 g/mol. The Bertz CT molecular complexity index is 863. The van der Waals surface area contributed by atoms with Gasteiger partial charge in [0.2, 0.25) is 0 Å². The van der Waals surface area contributed by atoms with Gasteiger partial charge in [-0.2, -0.15) is 13.2 Å². The van der Waals surface area contributed by atoms with Crippen molar-refractivity contribution >= 4 is 34.6 Å². The minimum absolute atomic E-state index is 0.155. The maximum absolute atomic E-state index is 13.4. The fourth-order valence-corrected chi connectivity index (χ4v) is 3.77. The lowest BCUT2D eigenvalue weighted by molar-refractivity contribution is -0.136. The van der Waals surface area contributed by atoms with Crippen LogP contribution < -0.4 is 5.32 Å². The highest BCUT2D eigenvalue weighted by Gasteiger charge is 2.34. The number of benzene rings is 1. The van der Waals surface area contributed by atoms with Crippen molar-refractivity contribution in [1.29, 1.82) is 0 Å². The average Bonchev–Trinajstić information content (AvgIpc) is 2.73. The van der Waals surface area contributed by atoms with Crippen LogP contribution in [0.15, 0.2) is 42.7 Å². The van der Waals surface area contributed by atoms with Crippen LogP contribution in [-0.2, 0) is 17.5 Å². The molecular formula is C21H24ClF3N4OS. The molecule has 5 nitrogen and oxygen atoms in total. The Kier molecular flexibility index (Phi) is 8.48. The minimum Gasteiger partial charge on any atom is -0.379 e. The van der Waals surface area contributed by atoms with E-state index in [-0.39, 0.29) is 15.8 Å². The molecule has 1 aliphatic rings. The third-order valence-electron chi connectivity index (χ3n) is 4.94. The first-order valence-electron chi connectivity index (χ1n) is 9.94. The van der Waals surface area contributed by atoms with Crippen molar-refractivity contribution < 1.29 is 17.9 Å². The predicted molar refractivity (Wildman–Crippen MR) is 119 cm³/mol. The fraction of sp³-hybridized carbons (Fsp3) is 0.429. The molecule has 0 spiro atoms. The van der Waals surface area contributed by atoms with Crippen molar-refractivity contribution in [3.63, 3.8) is 0 Å². The second-order valence-corrected chi connectivity index (χ2v) is 8.03. The van der Waals surface area contributed by atoms with Gasteiger partial charge in [0.05, 0.1) is 24.5 Å². The fourth-order valence-electron chi connectivity index (χ4n) is 3.33. The zero-order valence-corrected chi connectivity index (χ0v) is 18.4. The molecule has 1 aromatic carbocycles. The van der Waals surface area contributed by atoms with Crippen molar-refractivity contribution in [3.8, 4) is 0 Å². The summed E-state index contributed by atoms with van der Waals surface area (Å²) in [7, 11) is 0. The van der Waals surface area contributed by atoms with E-state index >= 15 is 0 Å². The van der Waals surface area contributed by atoms with Gasteiger partial charge in [-0.05, 0) is 54.5 Å². The van der Waals surface area contributed by atoms with Crippen LogP contribution in [0, 0.1) is 0 Å². The number of hydrogen-bond donors (Lipinski definition) is 1. The molecule has 0 unspecified atom stereocenters. The number of anilines is 1. The first-order chi connectivity index (χ1) is 14.8. The number of pyridine rings is 1. The molecule has 0 saturated carbocycles. The summed E-state index contributed by atoms with van der Waals surface area (Å²) in [5, 5.41) is 3.19. The molecule has 1 aromatic heterocycles. The molecule has 1 N–H and O–H groups in total. The molecular weight excluding hydrogens is 449 g/mol. The molecule has 1 saturated heterocycles. The number of morpholine rings is 1. The summed E-state index contributed by atoms with van der Waals surface area (Å²) in [4.78, 5) is 8.19. The maximum atomic E-state index is 13.4. The highest BCUT2D eigenvalue weighted by atomic mass is 35.5. The Morgan fingerprint density at radius 3 is 2.58 bits per heavy atom. The van der Waals surface area contributed by atoms with Crippen LogP contribution in [0.1, 0.15) is 17.5 Å². The minimum atomic E-state index is -4.52. The van der Waals surface area contributed by atoms with E-state index in [1.807, 2.05) is 17.0 Å². The molecule has 3 rings (SSSR count). The second-order valence-electron chi connectivity index (χ2n) is 7.20. The van der Waals surface area contributed by atoms with Crippen LogP contribution in [0.3, 0.4) is 0 Å². The molecule has 0 radical (unpaired) electrons. The number of rotatable bonds is 7. The molecule has 2 aromatic rings. The zero-order valence-electron chi connectivity index (χ0n) is 16.9. The summed E-state index contributed by atoms with van der Waals surface area (Å²) in [6, 6.07) is 7.14. The molecule has 0 atom stereocenters. The highest BCUT2D eigenvalue weighted by molar-refractivity contribution is 7.80. The van der Waals surface area contributed by atoms with Crippen molar-refractivity contribution in [1.82, 2.24) is 14.8 Å². The lowest BCUT2D eigenvalue weighted by Crippen LogP contribution is -2.40. The Hall–Kier alpha value is -1.94. The molecule has 1 fully saturated rings. The number of ether oxygens (including phenoxy) is 1. The molecule has 10 heteroatoms. The smallest absolute Gasteiger partial charge is 0.379 e. The Morgan fingerprint density at radius 1 is 1.19 bits per heavy atom. The number of thiocarbonyl (C=S) groups is 1.